The van der Waals surface area contributed by atoms with Crippen molar-refractivity contribution in [2.45, 2.75) is 44.0 Å². The molecule has 8 heteroatoms. The van der Waals surface area contributed by atoms with Crippen LogP contribution in [0, 0.1) is 0 Å². The highest BCUT2D eigenvalue weighted by atomic mass is 35.5. The zero-order valence-electron chi connectivity index (χ0n) is 18.4. The Hall–Kier alpha value is -1.93. The van der Waals surface area contributed by atoms with Crippen LogP contribution in [0.5, 0.6) is 0 Å². The zero-order chi connectivity index (χ0) is 22.8. The number of nitrogens with zero attached hydrogens (tertiary/aromatic N) is 2. The number of anilines is 1. The van der Waals surface area contributed by atoms with Gasteiger partial charge in [0, 0.05) is 36.9 Å². The third-order valence-electron chi connectivity index (χ3n) is 5.65. The first kappa shape index (κ1) is 23.7. The van der Waals surface area contributed by atoms with Crippen LogP contribution in [-0.2, 0) is 20.2 Å². The van der Waals surface area contributed by atoms with E-state index in [1.807, 2.05) is 24.0 Å². The molecule has 0 aromatic heterocycles. The minimum absolute atomic E-state index is 0.0320. The fourth-order valence-electron chi connectivity index (χ4n) is 3.59. The summed E-state index contributed by atoms with van der Waals surface area (Å²) >= 11 is 5.97. The van der Waals surface area contributed by atoms with E-state index in [0.717, 1.165) is 5.56 Å². The smallest absolute Gasteiger partial charge is 0.243 e. The molecule has 6 nitrogen and oxygen atoms in total. The van der Waals surface area contributed by atoms with Crippen molar-refractivity contribution in [1.82, 2.24) is 9.21 Å². The summed E-state index contributed by atoms with van der Waals surface area (Å²) in [6.07, 6.45) is 0. The van der Waals surface area contributed by atoms with Crippen LogP contribution in [0.25, 0.3) is 0 Å². The summed E-state index contributed by atoms with van der Waals surface area (Å²) in [5.74, 6) is -0.142. The van der Waals surface area contributed by atoms with E-state index >= 15 is 0 Å². The first-order valence-electron chi connectivity index (χ1n) is 10.4. The van der Waals surface area contributed by atoms with Gasteiger partial charge in [0.15, 0.2) is 0 Å². The third kappa shape index (κ3) is 5.66. The van der Waals surface area contributed by atoms with Crippen LogP contribution in [0.4, 0.5) is 5.69 Å². The summed E-state index contributed by atoms with van der Waals surface area (Å²) < 4.78 is 27.6. The maximum absolute atomic E-state index is 13.0. The molecule has 168 valence electrons. The molecule has 31 heavy (non-hydrogen) atoms. The second-order valence-corrected chi connectivity index (χ2v) is 11.3. The lowest BCUT2D eigenvalue weighted by molar-refractivity contribution is -0.121. The minimum Gasteiger partial charge on any atom is -0.325 e. The van der Waals surface area contributed by atoms with Gasteiger partial charge in [-0.15, -0.1) is 0 Å². The SMILES string of the molecule is C[C@H](C(=O)Nc1cccc(Cl)c1)N1CCN(S(=O)(=O)c2ccc(C(C)(C)C)cc2)CC1. The highest BCUT2D eigenvalue weighted by molar-refractivity contribution is 7.89. The van der Waals surface area contributed by atoms with Gasteiger partial charge in [-0.3, -0.25) is 9.69 Å². The number of amides is 1. The number of rotatable bonds is 5. The Kier molecular flexibility index (Phi) is 7.11. The van der Waals surface area contributed by atoms with Crippen molar-refractivity contribution in [3.63, 3.8) is 0 Å². The fraction of sp³-hybridized carbons (Fsp3) is 0.435. The Bertz CT molecular complexity index is 1020. The lowest BCUT2D eigenvalue weighted by Gasteiger charge is -2.36. The number of halogens is 1. The van der Waals surface area contributed by atoms with Crippen LogP contribution in [0.15, 0.2) is 53.4 Å². The normalized spacial score (nSPS) is 17.3. The van der Waals surface area contributed by atoms with Crippen molar-refractivity contribution in [2.24, 2.45) is 0 Å². The van der Waals surface area contributed by atoms with Crippen molar-refractivity contribution in [1.29, 1.82) is 0 Å². The Morgan fingerprint density at radius 3 is 2.19 bits per heavy atom. The van der Waals surface area contributed by atoms with Gasteiger partial charge in [-0.2, -0.15) is 4.31 Å². The van der Waals surface area contributed by atoms with Crippen molar-refractivity contribution in [2.75, 3.05) is 31.5 Å². The predicted octanol–water partition coefficient (Wildman–Crippen LogP) is 3.97. The molecule has 1 heterocycles. The Morgan fingerprint density at radius 2 is 1.65 bits per heavy atom. The average molecular weight is 464 g/mol. The first-order chi connectivity index (χ1) is 14.5. The second kappa shape index (κ2) is 9.28. The van der Waals surface area contributed by atoms with Crippen molar-refractivity contribution in [3.8, 4) is 0 Å². The number of sulfonamides is 1. The van der Waals surface area contributed by atoms with E-state index in [9.17, 15) is 13.2 Å². The molecule has 0 radical (unpaired) electrons. The molecule has 2 aromatic rings. The van der Waals surface area contributed by atoms with Gasteiger partial charge >= 0.3 is 0 Å². The van der Waals surface area contributed by atoms with Gasteiger partial charge in [0.1, 0.15) is 0 Å². The zero-order valence-corrected chi connectivity index (χ0v) is 20.0. The number of carbonyl (C=O) groups is 1. The molecule has 1 aliphatic rings. The number of hydrogen-bond acceptors (Lipinski definition) is 4. The predicted molar refractivity (Wildman–Crippen MR) is 125 cm³/mol. The number of hydrogen-bond donors (Lipinski definition) is 1. The molecule has 1 aliphatic heterocycles. The van der Waals surface area contributed by atoms with E-state index in [4.69, 9.17) is 11.6 Å². The fourth-order valence-corrected chi connectivity index (χ4v) is 5.20. The van der Waals surface area contributed by atoms with Crippen LogP contribution in [0.1, 0.15) is 33.3 Å². The second-order valence-electron chi connectivity index (χ2n) is 8.89. The molecule has 0 spiro atoms. The molecule has 1 saturated heterocycles. The van der Waals surface area contributed by atoms with E-state index in [0.29, 0.717) is 41.8 Å². The summed E-state index contributed by atoms with van der Waals surface area (Å²) in [5, 5.41) is 3.42. The van der Waals surface area contributed by atoms with Crippen LogP contribution in [-0.4, -0.2) is 55.8 Å². The third-order valence-corrected chi connectivity index (χ3v) is 7.80. The number of piperazine rings is 1. The Labute approximate surface area is 190 Å². The van der Waals surface area contributed by atoms with Gasteiger partial charge < -0.3 is 5.32 Å². The Morgan fingerprint density at radius 1 is 1.03 bits per heavy atom. The van der Waals surface area contributed by atoms with Crippen LogP contribution in [0.3, 0.4) is 0 Å². The minimum atomic E-state index is -3.56. The maximum atomic E-state index is 13.0. The highest BCUT2D eigenvalue weighted by Crippen LogP contribution is 2.25. The van der Waals surface area contributed by atoms with E-state index < -0.39 is 10.0 Å². The summed E-state index contributed by atoms with van der Waals surface area (Å²) in [5.41, 5.74) is 1.70. The lowest BCUT2D eigenvalue weighted by atomic mass is 9.87. The van der Waals surface area contributed by atoms with Gasteiger partial charge in [0.2, 0.25) is 15.9 Å². The number of carbonyl (C=O) groups excluding carboxylic acids is 1. The molecule has 1 atom stereocenters. The molecule has 0 unspecified atom stereocenters. The monoisotopic (exact) mass is 463 g/mol. The molecule has 0 aliphatic carbocycles. The molecule has 0 saturated carbocycles. The maximum Gasteiger partial charge on any atom is 0.243 e. The van der Waals surface area contributed by atoms with Gasteiger partial charge in [0.25, 0.3) is 0 Å². The number of benzene rings is 2. The average Bonchev–Trinajstić information content (AvgIpc) is 2.73. The quantitative estimate of drug-likeness (QED) is 0.728. The molecular formula is C23H30ClN3O3S. The van der Waals surface area contributed by atoms with Crippen molar-refractivity contribution in [3.05, 3.63) is 59.1 Å². The summed E-state index contributed by atoms with van der Waals surface area (Å²) in [6, 6.07) is 13.8. The van der Waals surface area contributed by atoms with Crippen LogP contribution < -0.4 is 5.32 Å². The van der Waals surface area contributed by atoms with E-state index in [1.165, 1.54) is 4.31 Å². The number of nitrogens with one attached hydrogen (secondary N) is 1. The topological polar surface area (TPSA) is 69.7 Å². The summed E-state index contributed by atoms with van der Waals surface area (Å²) in [6.45, 7) is 9.79. The van der Waals surface area contributed by atoms with Crippen LogP contribution in [0.2, 0.25) is 5.02 Å². The van der Waals surface area contributed by atoms with Gasteiger partial charge in [0.05, 0.1) is 10.9 Å². The van der Waals surface area contributed by atoms with E-state index in [1.54, 1.807) is 36.4 Å². The summed E-state index contributed by atoms with van der Waals surface area (Å²) in [4.78, 5) is 14.9. The largest absolute Gasteiger partial charge is 0.325 e. The van der Waals surface area contributed by atoms with Crippen LogP contribution >= 0.6 is 11.6 Å². The lowest BCUT2D eigenvalue weighted by Crippen LogP contribution is -2.53. The van der Waals surface area contributed by atoms with E-state index in [2.05, 4.69) is 26.1 Å². The van der Waals surface area contributed by atoms with Gasteiger partial charge in [-0.1, -0.05) is 50.6 Å². The van der Waals surface area contributed by atoms with Crippen molar-refractivity contribution >= 4 is 33.2 Å². The Balaban J connectivity index is 1.61. The van der Waals surface area contributed by atoms with Gasteiger partial charge in [-0.05, 0) is 48.2 Å². The first-order valence-corrected chi connectivity index (χ1v) is 12.2. The summed E-state index contributed by atoms with van der Waals surface area (Å²) in [7, 11) is -3.56. The highest BCUT2D eigenvalue weighted by Gasteiger charge is 2.32. The molecule has 0 bridgehead atoms. The van der Waals surface area contributed by atoms with Gasteiger partial charge in [-0.25, -0.2) is 8.42 Å². The van der Waals surface area contributed by atoms with E-state index in [-0.39, 0.29) is 17.4 Å². The van der Waals surface area contributed by atoms with Crippen molar-refractivity contribution < 1.29 is 13.2 Å². The molecule has 1 N–H and O–H groups in total. The molecule has 2 aromatic carbocycles. The molecule has 1 fully saturated rings. The molecule has 1 amide bonds. The molecule has 3 rings (SSSR count). The standard InChI is InChI=1S/C23H30ClN3O3S/c1-17(22(28)25-20-7-5-6-19(24)16-20)26-12-14-27(15-13-26)31(29,30)21-10-8-18(9-11-21)23(2,3)4/h5-11,16-17H,12-15H2,1-4H3,(H,25,28)/t17-/m1/s1. The molecular weight excluding hydrogens is 434 g/mol.